The first kappa shape index (κ1) is 18.0. The molecule has 1 aromatic rings. The van der Waals surface area contributed by atoms with E-state index in [9.17, 15) is 5.11 Å². The molecule has 1 N–H and O–H groups in total. The predicted molar refractivity (Wildman–Crippen MR) is 92.1 cm³/mol. The normalized spacial score (nSPS) is 13.0. The number of nitrogens with zero attached hydrogens (tertiary/aromatic N) is 1. The first-order chi connectivity index (χ1) is 9.35. The number of hydrogen-bond donors (Lipinski definition) is 1. The van der Waals surface area contributed by atoms with Gasteiger partial charge in [-0.1, -0.05) is 34.6 Å². The van der Waals surface area contributed by atoms with Crippen molar-refractivity contribution in [3.63, 3.8) is 0 Å². The summed E-state index contributed by atoms with van der Waals surface area (Å²) in [5.41, 5.74) is 5.17. The van der Waals surface area contributed by atoms with Crippen LogP contribution < -0.4 is 0 Å². The lowest BCUT2D eigenvalue weighted by atomic mass is 9.70. The lowest BCUT2D eigenvalue weighted by Crippen LogP contribution is -2.28. The zero-order chi connectivity index (χ0) is 16.6. The van der Waals surface area contributed by atoms with Crippen molar-refractivity contribution >= 4 is 0 Å². The molecule has 0 spiro atoms. The molecular formula is C19H33NO. The molecule has 0 saturated carbocycles. The lowest BCUT2D eigenvalue weighted by molar-refractivity contribution is 0.280. The maximum Gasteiger partial charge on any atom is 0.119 e. The molecule has 0 fully saturated rings. The Morgan fingerprint density at radius 2 is 1.52 bits per heavy atom. The highest BCUT2D eigenvalue weighted by molar-refractivity contribution is 5.50. The molecule has 0 radical (unpaired) electrons. The molecule has 0 bridgehead atoms. The van der Waals surface area contributed by atoms with Crippen LogP contribution in [0.5, 0.6) is 5.75 Å². The zero-order valence-corrected chi connectivity index (χ0v) is 15.4. The molecule has 0 unspecified atom stereocenters. The largest absolute Gasteiger partial charge is 0.508 e. The summed E-state index contributed by atoms with van der Waals surface area (Å²) in [6.45, 7) is 16.5. The smallest absolute Gasteiger partial charge is 0.119 e. The maximum absolute atomic E-state index is 10.3. The Bertz CT molecular complexity index is 507. The van der Waals surface area contributed by atoms with Crippen LogP contribution in [0.15, 0.2) is 6.07 Å². The van der Waals surface area contributed by atoms with Crippen molar-refractivity contribution in [2.24, 2.45) is 5.41 Å². The minimum atomic E-state index is 0.0412. The Balaban J connectivity index is 3.46. The molecule has 0 aromatic heterocycles. The Morgan fingerprint density at radius 3 is 1.95 bits per heavy atom. The van der Waals surface area contributed by atoms with Crippen LogP contribution in [-0.2, 0) is 12.0 Å². The third kappa shape index (κ3) is 4.47. The fourth-order valence-electron chi connectivity index (χ4n) is 3.50. The van der Waals surface area contributed by atoms with E-state index in [2.05, 4.69) is 60.5 Å². The highest BCUT2D eigenvalue weighted by atomic mass is 16.3. The van der Waals surface area contributed by atoms with Crippen LogP contribution >= 0.6 is 0 Å². The lowest BCUT2D eigenvalue weighted by Gasteiger charge is -2.36. The number of aromatic hydroxyl groups is 1. The van der Waals surface area contributed by atoms with Crippen molar-refractivity contribution in [1.82, 2.24) is 4.90 Å². The van der Waals surface area contributed by atoms with E-state index >= 15 is 0 Å². The summed E-state index contributed by atoms with van der Waals surface area (Å²) in [5.74, 6) is 0.423. The van der Waals surface area contributed by atoms with Crippen LogP contribution in [0.4, 0.5) is 0 Å². The third-order valence-corrected chi connectivity index (χ3v) is 4.18. The van der Waals surface area contributed by atoms with E-state index in [0.717, 1.165) is 18.5 Å². The van der Waals surface area contributed by atoms with E-state index in [4.69, 9.17) is 0 Å². The van der Waals surface area contributed by atoms with E-state index in [1.54, 1.807) is 0 Å². The molecule has 120 valence electrons. The van der Waals surface area contributed by atoms with Crippen LogP contribution in [0.1, 0.15) is 63.3 Å². The highest BCUT2D eigenvalue weighted by Crippen LogP contribution is 2.41. The summed E-state index contributed by atoms with van der Waals surface area (Å²) in [6, 6.07) is 1.99. The van der Waals surface area contributed by atoms with Crippen molar-refractivity contribution in [2.75, 3.05) is 14.1 Å². The van der Waals surface area contributed by atoms with Gasteiger partial charge in [0.2, 0.25) is 0 Å². The monoisotopic (exact) mass is 291 g/mol. The van der Waals surface area contributed by atoms with Gasteiger partial charge in [0, 0.05) is 6.54 Å². The van der Waals surface area contributed by atoms with Crippen molar-refractivity contribution in [3.8, 4) is 5.75 Å². The number of hydrogen-bond acceptors (Lipinski definition) is 2. The predicted octanol–water partition coefficient (Wildman–Crippen LogP) is 4.78. The van der Waals surface area contributed by atoms with Gasteiger partial charge in [0.05, 0.1) is 0 Å². The van der Waals surface area contributed by atoms with Crippen LogP contribution in [-0.4, -0.2) is 24.1 Å². The summed E-state index contributed by atoms with van der Waals surface area (Å²) in [5, 5.41) is 10.3. The summed E-state index contributed by atoms with van der Waals surface area (Å²) in [6.07, 6.45) is 1.09. The molecule has 2 heteroatoms. The van der Waals surface area contributed by atoms with Gasteiger partial charge >= 0.3 is 0 Å². The molecule has 1 aromatic carbocycles. The van der Waals surface area contributed by atoms with Gasteiger partial charge in [0.1, 0.15) is 5.75 Å². The molecule has 0 atom stereocenters. The van der Waals surface area contributed by atoms with Crippen LogP contribution in [0.3, 0.4) is 0 Å². The van der Waals surface area contributed by atoms with Gasteiger partial charge in [-0.15, -0.1) is 0 Å². The summed E-state index contributed by atoms with van der Waals surface area (Å²) in [7, 11) is 4.20. The van der Waals surface area contributed by atoms with Crippen molar-refractivity contribution in [2.45, 2.75) is 66.8 Å². The fourth-order valence-corrected chi connectivity index (χ4v) is 3.50. The Hall–Kier alpha value is -1.02. The van der Waals surface area contributed by atoms with Gasteiger partial charge in [-0.05, 0) is 73.5 Å². The minimum absolute atomic E-state index is 0.0412. The fraction of sp³-hybridized carbons (Fsp3) is 0.684. The van der Waals surface area contributed by atoms with Gasteiger partial charge in [-0.3, -0.25) is 0 Å². The summed E-state index contributed by atoms with van der Waals surface area (Å²) >= 11 is 0. The molecule has 0 heterocycles. The highest BCUT2D eigenvalue weighted by Gasteiger charge is 2.30. The van der Waals surface area contributed by atoms with Crippen molar-refractivity contribution in [3.05, 3.63) is 28.3 Å². The molecule has 1 rings (SSSR count). The van der Waals surface area contributed by atoms with Gasteiger partial charge < -0.3 is 10.0 Å². The van der Waals surface area contributed by atoms with E-state index in [-0.39, 0.29) is 10.8 Å². The quantitative estimate of drug-likeness (QED) is 0.862. The molecule has 2 nitrogen and oxygen atoms in total. The second-order valence-electron chi connectivity index (χ2n) is 8.53. The molecule has 0 saturated heterocycles. The molecule has 0 aliphatic heterocycles. The topological polar surface area (TPSA) is 23.5 Å². The molecule has 0 amide bonds. The first-order valence-electron chi connectivity index (χ1n) is 7.82. The van der Waals surface area contributed by atoms with E-state index in [1.807, 2.05) is 13.0 Å². The second kappa shape index (κ2) is 6.00. The second-order valence-corrected chi connectivity index (χ2v) is 8.53. The van der Waals surface area contributed by atoms with Gasteiger partial charge in [-0.2, -0.15) is 0 Å². The zero-order valence-electron chi connectivity index (χ0n) is 15.4. The van der Waals surface area contributed by atoms with Gasteiger partial charge in [0.15, 0.2) is 0 Å². The number of rotatable bonds is 4. The molecule has 21 heavy (non-hydrogen) atoms. The number of phenolic OH excluding ortho intramolecular Hbond substituents is 1. The van der Waals surface area contributed by atoms with Crippen LogP contribution in [0, 0.1) is 19.3 Å². The number of phenols is 1. The van der Waals surface area contributed by atoms with Gasteiger partial charge in [-0.25, -0.2) is 0 Å². The average Bonchev–Trinajstić information content (AvgIpc) is 2.25. The van der Waals surface area contributed by atoms with E-state index < -0.39 is 0 Å². The Labute approximate surface area is 131 Å². The SMILES string of the molecule is Cc1c(O)cc(C(C)(C)CC(C)(C)C)c(CN(C)C)c1C. The summed E-state index contributed by atoms with van der Waals surface area (Å²) in [4.78, 5) is 2.20. The Morgan fingerprint density at radius 1 is 1.00 bits per heavy atom. The molecular weight excluding hydrogens is 258 g/mol. The Kier molecular flexibility index (Phi) is 5.15. The van der Waals surface area contributed by atoms with Gasteiger partial charge in [0.25, 0.3) is 0 Å². The van der Waals surface area contributed by atoms with Crippen molar-refractivity contribution in [1.29, 1.82) is 0 Å². The van der Waals surface area contributed by atoms with Crippen LogP contribution in [0.25, 0.3) is 0 Å². The third-order valence-electron chi connectivity index (χ3n) is 4.18. The average molecular weight is 291 g/mol. The number of benzene rings is 1. The minimum Gasteiger partial charge on any atom is -0.508 e. The molecule has 0 aliphatic rings. The summed E-state index contributed by atoms with van der Waals surface area (Å²) < 4.78 is 0. The standard InChI is InChI=1S/C19H33NO/c1-13-14(2)17(21)10-16(15(13)11-20(8)9)19(6,7)12-18(3,4)5/h10,21H,11-12H2,1-9H3. The van der Waals surface area contributed by atoms with E-state index in [1.165, 1.54) is 16.7 Å². The van der Waals surface area contributed by atoms with Crippen molar-refractivity contribution < 1.29 is 5.11 Å². The van der Waals surface area contributed by atoms with Crippen LogP contribution in [0.2, 0.25) is 0 Å². The first-order valence-corrected chi connectivity index (χ1v) is 7.82. The van der Waals surface area contributed by atoms with E-state index in [0.29, 0.717) is 5.75 Å². The maximum atomic E-state index is 10.3. The molecule has 0 aliphatic carbocycles.